The van der Waals surface area contributed by atoms with Crippen molar-refractivity contribution in [3.05, 3.63) is 21.9 Å². The molecule has 0 aliphatic carbocycles. The first-order chi connectivity index (χ1) is 8.72. The van der Waals surface area contributed by atoms with Gasteiger partial charge in [-0.05, 0) is 24.3 Å². The molecule has 2 heterocycles. The fourth-order valence-corrected chi connectivity index (χ4v) is 2.24. The Kier molecular flexibility index (Phi) is 3.98. The van der Waals surface area contributed by atoms with Gasteiger partial charge in [0.1, 0.15) is 0 Å². The normalized spacial score (nSPS) is 10.6. The van der Waals surface area contributed by atoms with E-state index in [0.717, 1.165) is 12.1 Å². The number of esters is 1. The Labute approximate surface area is 108 Å². The summed E-state index contributed by atoms with van der Waals surface area (Å²) in [5.74, 6) is -0.359. The first-order valence-electron chi connectivity index (χ1n) is 5.54. The third-order valence-electron chi connectivity index (χ3n) is 2.39. The molecule has 2 rings (SSSR count). The highest BCUT2D eigenvalue weighted by atomic mass is 32.1. The van der Waals surface area contributed by atoms with Crippen LogP contribution in [0.5, 0.6) is 0 Å². The number of hydrogen-bond donors (Lipinski definition) is 0. The second kappa shape index (κ2) is 5.67. The number of ether oxygens (including phenoxy) is 1. The minimum Gasteiger partial charge on any atom is -0.460 e. The molecule has 0 bridgehead atoms. The molecule has 7 nitrogen and oxygen atoms in total. The highest BCUT2D eigenvalue weighted by molar-refractivity contribution is 7.09. The number of carbonyl (C=O) groups excluding carboxylic acids is 1. The van der Waals surface area contributed by atoms with Crippen molar-refractivity contribution in [3.8, 4) is 0 Å². The Balaban J connectivity index is 2.04. The van der Waals surface area contributed by atoms with E-state index in [4.69, 9.17) is 4.74 Å². The molecule has 8 heteroatoms. The maximum absolute atomic E-state index is 11.6. The summed E-state index contributed by atoms with van der Waals surface area (Å²) in [5, 5.41) is 11.0. The van der Waals surface area contributed by atoms with Crippen LogP contribution in [0.25, 0.3) is 0 Å². The summed E-state index contributed by atoms with van der Waals surface area (Å²) in [4.78, 5) is 16.9. The third kappa shape index (κ3) is 2.70. The predicted molar refractivity (Wildman–Crippen MR) is 64.3 cm³/mol. The maximum Gasteiger partial charge on any atom is 0.378 e. The second-order valence-electron chi connectivity index (χ2n) is 3.56. The van der Waals surface area contributed by atoms with Gasteiger partial charge < -0.3 is 4.74 Å². The van der Waals surface area contributed by atoms with Crippen molar-refractivity contribution in [2.45, 2.75) is 26.8 Å². The van der Waals surface area contributed by atoms with Crippen molar-refractivity contribution in [1.82, 2.24) is 25.2 Å². The van der Waals surface area contributed by atoms with Crippen LogP contribution in [-0.4, -0.2) is 37.8 Å². The molecule has 0 radical (unpaired) electrons. The fraction of sp³-hybridized carbons (Fsp3) is 0.500. The zero-order valence-electron chi connectivity index (χ0n) is 10.2. The molecule has 0 N–H and O–H groups in total. The van der Waals surface area contributed by atoms with Crippen molar-refractivity contribution >= 4 is 17.3 Å². The molecule has 0 spiro atoms. The summed E-state index contributed by atoms with van der Waals surface area (Å²) >= 11 is 1.59. The Bertz CT molecular complexity index is 536. The molecular weight excluding hydrogens is 254 g/mol. The minimum atomic E-state index is -0.497. The number of carbonyl (C=O) groups is 1. The van der Waals surface area contributed by atoms with E-state index in [9.17, 15) is 4.79 Å². The van der Waals surface area contributed by atoms with Crippen LogP contribution < -0.4 is 0 Å². The third-order valence-corrected chi connectivity index (χ3v) is 3.38. The number of hydrogen-bond acceptors (Lipinski definition) is 7. The average molecular weight is 267 g/mol. The molecule has 0 amide bonds. The molecule has 2 aromatic heterocycles. The quantitative estimate of drug-likeness (QED) is 0.747. The molecule has 0 atom stereocenters. The topological polar surface area (TPSA) is 82.8 Å². The van der Waals surface area contributed by atoms with Crippen LogP contribution in [-0.2, 0) is 17.7 Å². The van der Waals surface area contributed by atoms with E-state index in [1.54, 1.807) is 23.8 Å². The maximum atomic E-state index is 11.6. The molecule has 0 aliphatic heterocycles. The van der Waals surface area contributed by atoms with Crippen LogP contribution in [0.4, 0.5) is 0 Å². The molecular formula is C10H13N5O2S. The van der Waals surface area contributed by atoms with Crippen molar-refractivity contribution in [2.75, 3.05) is 6.61 Å². The molecule has 0 aromatic carbocycles. The van der Waals surface area contributed by atoms with Gasteiger partial charge in [-0.15, -0.1) is 16.4 Å². The van der Waals surface area contributed by atoms with Crippen molar-refractivity contribution in [1.29, 1.82) is 0 Å². The lowest BCUT2D eigenvalue weighted by molar-refractivity contribution is 0.0504. The Hall–Kier alpha value is -1.83. The largest absolute Gasteiger partial charge is 0.460 e. The van der Waals surface area contributed by atoms with Gasteiger partial charge in [0.25, 0.3) is 5.82 Å². The molecule has 0 fully saturated rings. The molecule has 0 saturated heterocycles. The van der Waals surface area contributed by atoms with Crippen LogP contribution in [0.3, 0.4) is 0 Å². The number of aryl methyl sites for hydroxylation is 3. The van der Waals surface area contributed by atoms with E-state index in [2.05, 4.69) is 20.5 Å². The van der Waals surface area contributed by atoms with Gasteiger partial charge in [0.15, 0.2) is 0 Å². The van der Waals surface area contributed by atoms with Crippen molar-refractivity contribution in [2.24, 2.45) is 0 Å². The first kappa shape index (κ1) is 12.6. The summed E-state index contributed by atoms with van der Waals surface area (Å²) in [7, 11) is 0. The molecule has 0 aliphatic rings. The number of thiazole rings is 1. The number of tetrazole rings is 1. The fourth-order valence-electron chi connectivity index (χ4n) is 1.47. The zero-order valence-corrected chi connectivity index (χ0v) is 11.0. The van der Waals surface area contributed by atoms with E-state index in [1.165, 1.54) is 9.56 Å². The lowest BCUT2D eigenvalue weighted by atomic mass is 10.3. The first-order valence-corrected chi connectivity index (χ1v) is 6.42. The number of rotatable bonds is 5. The number of aromatic nitrogens is 5. The van der Waals surface area contributed by atoms with Gasteiger partial charge in [-0.2, -0.15) is 0 Å². The Morgan fingerprint density at radius 1 is 1.56 bits per heavy atom. The number of nitrogens with zero attached hydrogens (tertiary/aromatic N) is 5. The van der Waals surface area contributed by atoms with Crippen LogP contribution in [0.15, 0.2) is 5.51 Å². The van der Waals surface area contributed by atoms with Crippen LogP contribution >= 0.6 is 11.3 Å². The monoisotopic (exact) mass is 267 g/mol. The average Bonchev–Trinajstić information content (AvgIpc) is 2.95. The Morgan fingerprint density at radius 2 is 2.39 bits per heavy atom. The molecule has 0 unspecified atom stereocenters. The smallest absolute Gasteiger partial charge is 0.378 e. The van der Waals surface area contributed by atoms with E-state index in [0.29, 0.717) is 13.2 Å². The van der Waals surface area contributed by atoms with Gasteiger partial charge in [0.05, 0.1) is 24.4 Å². The minimum absolute atomic E-state index is 0.138. The van der Waals surface area contributed by atoms with E-state index in [-0.39, 0.29) is 5.82 Å². The van der Waals surface area contributed by atoms with Crippen LogP contribution in [0, 0.1) is 6.92 Å². The van der Waals surface area contributed by atoms with Gasteiger partial charge >= 0.3 is 5.97 Å². The van der Waals surface area contributed by atoms with Gasteiger partial charge in [0, 0.05) is 11.3 Å². The standard InChI is InChI=1S/C10H13N5O2S/c1-3-17-10(16)9-12-13-14-15(9)5-4-8-7(2)11-6-18-8/h6H,3-5H2,1-2H3. The molecule has 0 saturated carbocycles. The highest BCUT2D eigenvalue weighted by Crippen LogP contribution is 2.13. The summed E-state index contributed by atoms with van der Waals surface area (Å²) in [5.41, 5.74) is 2.81. The van der Waals surface area contributed by atoms with Gasteiger partial charge in [0.2, 0.25) is 0 Å². The van der Waals surface area contributed by atoms with Gasteiger partial charge in [-0.25, -0.2) is 14.5 Å². The second-order valence-corrected chi connectivity index (χ2v) is 4.50. The van der Waals surface area contributed by atoms with E-state index >= 15 is 0 Å². The summed E-state index contributed by atoms with van der Waals surface area (Å²) in [6.07, 6.45) is 0.744. The molecule has 96 valence electrons. The van der Waals surface area contributed by atoms with Crippen molar-refractivity contribution in [3.63, 3.8) is 0 Å². The predicted octanol–water partition coefficient (Wildman–Crippen LogP) is 0.857. The molecule has 2 aromatic rings. The Morgan fingerprint density at radius 3 is 3.06 bits per heavy atom. The highest BCUT2D eigenvalue weighted by Gasteiger charge is 2.16. The van der Waals surface area contributed by atoms with Crippen LogP contribution in [0.1, 0.15) is 28.1 Å². The summed E-state index contributed by atoms with van der Waals surface area (Å²) in [6, 6.07) is 0. The SMILES string of the molecule is CCOC(=O)c1nnnn1CCc1scnc1C. The van der Waals surface area contributed by atoms with E-state index < -0.39 is 5.97 Å². The lowest BCUT2D eigenvalue weighted by Crippen LogP contribution is -2.15. The van der Waals surface area contributed by atoms with Gasteiger partial charge in [-0.3, -0.25) is 0 Å². The summed E-state index contributed by atoms with van der Waals surface area (Å²) < 4.78 is 6.33. The van der Waals surface area contributed by atoms with E-state index in [1.807, 2.05) is 6.92 Å². The lowest BCUT2D eigenvalue weighted by Gasteiger charge is -2.03. The molecule has 18 heavy (non-hydrogen) atoms. The summed E-state index contributed by atoms with van der Waals surface area (Å²) in [6.45, 7) is 4.54. The zero-order chi connectivity index (χ0) is 13.0. The van der Waals surface area contributed by atoms with Crippen molar-refractivity contribution < 1.29 is 9.53 Å². The van der Waals surface area contributed by atoms with Gasteiger partial charge in [-0.1, -0.05) is 0 Å². The van der Waals surface area contributed by atoms with Crippen LogP contribution in [0.2, 0.25) is 0 Å².